The van der Waals surface area contributed by atoms with E-state index in [1.807, 2.05) is 0 Å². The van der Waals surface area contributed by atoms with E-state index in [4.69, 9.17) is 44.3 Å². The predicted octanol–water partition coefficient (Wildman–Crippen LogP) is 4.84. The van der Waals surface area contributed by atoms with Gasteiger partial charge >= 0.3 is 0 Å². The molecule has 2 aromatic rings. The maximum Gasteiger partial charge on any atom is 0.238 e. The molecule has 18 heavy (non-hydrogen) atoms. The van der Waals surface area contributed by atoms with Crippen LogP contribution in [0.5, 0.6) is 17.4 Å². The third-order valence-electron chi connectivity index (χ3n) is 2.11. The Bertz CT molecular complexity index is 575. The molecule has 0 saturated heterocycles. The van der Waals surface area contributed by atoms with Crippen molar-refractivity contribution in [3.8, 4) is 17.4 Å². The van der Waals surface area contributed by atoms with Crippen LogP contribution in [0.3, 0.4) is 0 Å². The Morgan fingerprint density at radius 2 is 1.78 bits per heavy atom. The first-order chi connectivity index (χ1) is 8.60. The predicted molar refractivity (Wildman–Crippen MR) is 72.3 cm³/mol. The Morgan fingerprint density at radius 3 is 2.44 bits per heavy atom. The van der Waals surface area contributed by atoms with Crippen molar-refractivity contribution in [1.29, 1.82) is 0 Å². The summed E-state index contributed by atoms with van der Waals surface area (Å²) in [5.41, 5.74) is 0. The second-order valence-electron chi connectivity index (χ2n) is 3.34. The molecule has 2 rings (SSSR count). The first kappa shape index (κ1) is 13.3. The van der Waals surface area contributed by atoms with Crippen LogP contribution in [0.4, 0.5) is 0 Å². The van der Waals surface area contributed by atoms with Gasteiger partial charge in [-0.15, -0.1) is 0 Å². The minimum Gasteiger partial charge on any atom is -0.493 e. The molecular formula is C12H8Cl3NO2. The number of halogens is 3. The Morgan fingerprint density at radius 1 is 1.00 bits per heavy atom. The number of rotatable bonds is 3. The molecule has 3 nitrogen and oxygen atoms in total. The van der Waals surface area contributed by atoms with E-state index in [1.54, 1.807) is 24.3 Å². The molecule has 0 aliphatic rings. The van der Waals surface area contributed by atoms with Crippen LogP contribution in [0.1, 0.15) is 0 Å². The fourth-order valence-electron chi connectivity index (χ4n) is 1.31. The third kappa shape index (κ3) is 2.99. The van der Waals surface area contributed by atoms with Gasteiger partial charge in [-0.1, -0.05) is 34.8 Å². The summed E-state index contributed by atoms with van der Waals surface area (Å²) >= 11 is 17.6. The number of hydrogen-bond donors (Lipinski definition) is 0. The van der Waals surface area contributed by atoms with Crippen LogP contribution in [-0.4, -0.2) is 12.1 Å². The summed E-state index contributed by atoms with van der Waals surface area (Å²) in [6.07, 6.45) is 1.44. The largest absolute Gasteiger partial charge is 0.493 e. The van der Waals surface area contributed by atoms with Crippen molar-refractivity contribution in [2.75, 3.05) is 7.11 Å². The lowest BCUT2D eigenvalue weighted by Gasteiger charge is -2.10. The molecule has 0 spiro atoms. The van der Waals surface area contributed by atoms with Crippen molar-refractivity contribution in [2.24, 2.45) is 0 Å². The molecule has 1 heterocycles. The SMILES string of the molecule is COc1ccc(Cl)cc1Oc1ncc(Cl)cc1Cl. The van der Waals surface area contributed by atoms with Crippen molar-refractivity contribution in [3.05, 3.63) is 45.5 Å². The van der Waals surface area contributed by atoms with Crippen molar-refractivity contribution < 1.29 is 9.47 Å². The molecule has 1 aromatic carbocycles. The molecule has 1 aromatic heterocycles. The molecular weight excluding hydrogens is 296 g/mol. The summed E-state index contributed by atoms with van der Waals surface area (Å²) in [6.45, 7) is 0. The normalized spacial score (nSPS) is 10.2. The summed E-state index contributed by atoms with van der Waals surface area (Å²) in [7, 11) is 1.53. The second-order valence-corrected chi connectivity index (χ2v) is 4.62. The van der Waals surface area contributed by atoms with Gasteiger partial charge in [0.15, 0.2) is 11.5 Å². The number of pyridine rings is 1. The van der Waals surface area contributed by atoms with Gasteiger partial charge in [-0.25, -0.2) is 4.98 Å². The van der Waals surface area contributed by atoms with Crippen LogP contribution in [0.25, 0.3) is 0 Å². The van der Waals surface area contributed by atoms with Gasteiger partial charge in [0.05, 0.1) is 12.1 Å². The Kier molecular flexibility index (Phi) is 4.17. The summed E-state index contributed by atoms with van der Waals surface area (Å²) in [6, 6.07) is 6.56. The summed E-state index contributed by atoms with van der Waals surface area (Å²) in [5, 5.41) is 1.27. The van der Waals surface area contributed by atoms with Crippen molar-refractivity contribution in [3.63, 3.8) is 0 Å². The van der Waals surface area contributed by atoms with E-state index >= 15 is 0 Å². The fourth-order valence-corrected chi connectivity index (χ4v) is 1.89. The quantitative estimate of drug-likeness (QED) is 0.813. The summed E-state index contributed by atoms with van der Waals surface area (Å²) in [4.78, 5) is 3.99. The minimum atomic E-state index is 0.238. The third-order valence-corrected chi connectivity index (χ3v) is 2.82. The van der Waals surface area contributed by atoms with Crippen LogP contribution in [0.2, 0.25) is 15.1 Å². The lowest BCUT2D eigenvalue weighted by molar-refractivity contribution is 0.374. The zero-order valence-corrected chi connectivity index (χ0v) is 11.6. The van der Waals surface area contributed by atoms with Crippen LogP contribution in [0, 0.1) is 0 Å². The molecule has 94 valence electrons. The lowest BCUT2D eigenvalue weighted by atomic mass is 10.3. The van der Waals surface area contributed by atoms with Crippen molar-refractivity contribution in [2.45, 2.75) is 0 Å². The monoisotopic (exact) mass is 303 g/mol. The molecule has 0 atom stereocenters. The van der Waals surface area contributed by atoms with Gasteiger partial charge in [-0.05, 0) is 18.2 Å². The highest BCUT2D eigenvalue weighted by atomic mass is 35.5. The summed E-state index contributed by atoms with van der Waals surface area (Å²) < 4.78 is 10.7. The Balaban J connectivity index is 2.36. The minimum absolute atomic E-state index is 0.238. The lowest BCUT2D eigenvalue weighted by Crippen LogP contribution is -1.92. The first-order valence-electron chi connectivity index (χ1n) is 4.92. The van der Waals surface area contributed by atoms with E-state index in [1.165, 1.54) is 13.3 Å². The Hall–Kier alpha value is -1.16. The number of nitrogens with zero attached hydrogens (tertiary/aromatic N) is 1. The molecule has 0 bridgehead atoms. The molecule has 0 amide bonds. The number of ether oxygens (including phenoxy) is 2. The highest BCUT2D eigenvalue weighted by molar-refractivity contribution is 6.35. The molecule has 0 fully saturated rings. The average molecular weight is 305 g/mol. The topological polar surface area (TPSA) is 31.4 Å². The van der Waals surface area contributed by atoms with E-state index in [-0.39, 0.29) is 5.88 Å². The molecule has 0 N–H and O–H groups in total. The van der Waals surface area contributed by atoms with Crippen LogP contribution in [-0.2, 0) is 0 Å². The Labute approximate surface area is 119 Å². The first-order valence-corrected chi connectivity index (χ1v) is 6.06. The van der Waals surface area contributed by atoms with E-state index in [2.05, 4.69) is 4.98 Å². The van der Waals surface area contributed by atoms with Gasteiger partial charge in [0.25, 0.3) is 0 Å². The molecule has 0 radical (unpaired) electrons. The van der Waals surface area contributed by atoms with Crippen LogP contribution >= 0.6 is 34.8 Å². The standard InChI is InChI=1S/C12H8Cl3NO2/c1-17-10-3-2-7(13)5-11(10)18-12-9(15)4-8(14)6-16-12/h2-6H,1H3. The molecule has 0 saturated carbocycles. The molecule has 6 heteroatoms. The number of methoxy groups -OCH3 is 1. The molecule has 0 aliphatic heterocycles. The second kappa shape index (κ2) is 5.65. The summed E-state index contributed by atoms with van der Waals surface area (Å²) in [5.74, 6) is 1.20. The van der Waals surface area contributed by atoms with Crippen molar-refractivity contribution in [1.82, 2.24) is 4.98 Å². The number of hydrogen-bond acceptors (Lipinski definition) is 3. The van der Waals surface area contributed by atoms with Gasteiger partial charge in [0.2, 0.25) is 5.88 Å². The highest BCUT2D eigenvalue weighted by Gasteiger charge is 2.10. The maximum absolute atomic E-state index is 5.97. The van der Waals surface area contributed by atoms with E-state index in [0.29, 0.717) is 26.6 Å². The van der Waals surface area contributed by atoms with Gasteiger partial charge in [-0.3, -0.25) is 0 Å². The fraction of sp³-hybridized carbons (Fsp3) is 0.0833. The van der Waals surface area contributed by atoms with Gasteiger partial charge in [0, 0.05) is 17.3 Å². The van der Waals surface area contributed by atoms with E-state index < -0.39 is 0 Å². The van der Waals surface area contributed by atoms with E-state index in [9.17, 15) is 0 Å². The number of benzene rings is 1. The number of aromatic nitrogens is 1. The van der Waals surface area contributed by atoms with Gasteiger partial charge in [0.1, 0.15) is 5.02 Å². The van der Waals surface area contributed by atoms with Gasteiger partial charge in [-0.2, -0.15) is 0 Å². The van der Waals surface area contributed by atoms with Gasteiger partial charge < -0.3 is 9.47 Å². The maximum atomic E-state index is 5.97. The van der Waals surface area contributed by atoms with E-state index in [0.717, 1.165) is 0 Å². The van der Waals surface area contributed by atoms with Crippen LogP contribution in [0.15, 0.2) is 30.5 Å². The smallest absolute Gasteiger partial charge is 0.238 e. The molecule has 0 unspecified atom stereocenters. The molecule has 0 aliphatic carbocycles. The van der Waals surface area contributed by atoms with Crippen molar-refractivity contribution >= 4 is 34.8 Å². The average Bonchev–Trinajstić information content (AvgIpc) is 2.33. The highest BCUT2D eigenvalue weighted by Crippen LogP contribution is 2.36. The zero-order valence-electron chi connectivity index (χ0n) is 9.28. The zero-order chi connectivity index (χ0) is 13.1. The van der Waals surface area contributed by atoms with Crippen LogP contribution < -0.4 is 9.47 Å².